The van der Waals surface area contributed by atoms with Gasteiger partial charge in [-0.1, -0.05) is 6.07 Å². The molecule has 0 amide bonds. The molecular weight excluding hydrogens is 354 g/mol. The lowest BCUT2D eigenvalue weighted by Gasteiger charge is -2.28. The first-order valence-electron chi connectivity index (χ1n) is 8.39. The number of rotatable bonds is 6. The van der Waals surface area contributed by atoms with E-state index in [0.717, 1.165) is 42.4 Å². The minimum atomic E-state index is 0. The Bertz CT molecular complexity index is 751. The molecule has 0 aromatic heterocycles. The fraction of sp³-hybridized carbons (Fsp3) is 0.400. The zero-order valence-corrected chi connectivity index (χ0v) is 16.4. The van der Waals surface area contributed by atoms with Crippen molar-refractivity contribution in [3.05, 3.63) is 47.0 Å². The van der Waals surface area contributed by atoms with Crippen LogP contribution >= 0.6 is 12.4 Å². The van der Waals surface area contributed by atoms with Crippen molar-refractivity contribution in [3.63, 3.8) is 0 Å². The second-order valence-electron chi connectivity index (χ2n) is 6.06. The highest BCUT2D eigenvalue weighted by atomic mass is 35.5. The van der Waals surface area contributed by atoms with Gasteiger partial charge in [-0.05, 0) is 60.3 Å². The molecule has 2 aromatic rings. The van der Waals surface area contributed by atoms with Gasteiger partial charge in [-0.15, -0.1) is 12.4 Å². The van der Waals surface area contributed by atoms with E-state index in [-0.39, 0.29) is 18.4 Å². The smallest absolute Gasteiger partial charge is 0.161 e. The SMILES string of the molecule is COc1ccc(C[C@@H]2NCCc3cc(OC)c(OC)cc32)cc1OC.Cl. The lowest BCUT2D eigenvalue weighted by atomic mass is 9.89. The first-order chi connectivity index (χ1) is 12.2. The monoisotopic (exact) mass is 379 g/mol. The molecule has 0 spiro atoms. The quantitative estimate of drug-likeness (QED) is 0.831. The van der Waals surface area contributed by atoms with Crippen LogP contribution in [0.4, 0.5) is 0 Å². The van der Waals surface area contributed by atoms with Crippen LogP contribution in [0.2, 0.25) is 0 Å². The van der Waals surface area contributed by atoms with Gasteiger partial charge < -0.3 is 24.3 Å². The van der Waals surface area contributed by atoms with Gasteiger partial charge in [-0.2, -0.15) is 0 Å². The maximum Gasteiger partial charge on any atom is 0.161 e. The number of hydrogen-bond acceptors (Lipinski definition) is 5. The molecule has 1 aliphatic heterocycles. The van der Waals surface area contributed by atoms with Crippen LogP contribution < -0.4 is 24.3 Å². The van der Waals surface area contributed by atoms with Crippen molar-refractivity contribution in [2.75, 3.05) is 35.0 Å². The number of methoxy groups -OCH3 is 4. The number of fused-ring (bicyclic) bond motifs is 1. The first-order valence-corrected chi connectivity index (χ1v) is 8.39. The first kappa shape index (κ1) is 20.2. The fourth-order valence-electron chi connectivity index (χ4n) is 3.39. The van der Waals surface area contributed by atoms with E-state index in [1.54, 1.807) is 28.4 Å². The van der Waals surface area contributed by atoms with Crippen LogP contribution in [-0.4, -0.2) is 35.0 Å². The summed E-state index contributed by atoms with van der Waals surface area (Å²) in [6, 6.07) is 10.5. The molecule has 0 saturated carbocycles. The summed E-state index contributed by atoms with van der Waals surface area (Å²) in [6.07, 6.45) is 1.85. The van der Waals surface area contributed by atoms with Crippen LogP contribution in [0.25, 0.3) is 0 Å². The molecule has 1 N–H and O–H groups in total. The highest BCUT2D eigenvalue weighted by Crippen LogP contribution is 2.37. The summed E-state index contributed by atoms with van der Waals surface area (Å²) >= 11 is 0. The molecule has 1 aliphatic rings. The molecule has 5 nitrogen and oxygen atoms in total. The average Bonchev–Trinajstić information content (AvgIpc) is 2.66. The minimum Gasteiger partial charge on any atom is -0.493 e. The van der Waals surface area contributed by atoms with Crippen molar-refractivity contribution in [1.82, 2.24) is 5.32 Å². The normalized spacial score (nSPS) is 15.5. The minimum absolute atomic E-state index is 0. The summed E-state index contributed by atoms with van der Waals surface area (Å²) in [5.74, 6) is 3.05. The van der Waals surface area contributed by atoms with E-state index < -0.39 is 0 Å². The van der Waals surface area contributed by atoms with Gasteiger partial charge in [-0.25, -0.2) is 0 Å². The van der Waals surface area contributed by atoms with Gasteiger partial charge in [0.1, 0.15) is 0 Å². The Morgan fingerprint density at radius 2 is 1.46 bits per heavy atom. The van der Waals surface area contributed by atoms with Gasteiger partial charge in [0.05, 0.1) is 28.4 Å². The molecule has 26 heavy (non-hydrogen) atoms. The summed E-state index contributed by atoms with van der Waals surface area (Å²) < 4.78 is 21.7. The molecule has 142 valence electrons. The molecule has 3 rings (SSSR count). The zero-order valence-electron chi connectivity index (χ0n) is 15.6. The van der Waals surface area contributed by atoms with Gasteiger partial charge in [0.15, 0.2) is 23.0 Å². The van der Waals surface area contributed by atoms with Gasteiger partial charge in [0, 0.05) is 6.04 Å². The summed E-state index contributed by atoms with van der Waals surface area (Å²) in [7, 11) is 6.65. The topological polar surface area (TPSA) is 49.0 Å². The van der Waals surface area contributed by atoms with Crippen molar-refractivity contribution in [3.8, 4) is 23.0 Å². The lowest BCUT2D eigenvalue weighted by Crippen LogP contribution is -2.31. The van der Waals surface area contributed by atoms with E-state index in [2.05, 4.69) is 23.5 Å². The molecule has 1 heterocycles. The van der Waals surface area contributed by atoms with Crippen LogP contribution in [0, 0.1) is 0 Å². The van der Waals surface area contributed by atoms with Crippen molar-refractivity contribution < 1.29 is 18.9 Å². The third-order valence-corrected chi connectivity index (χ3v) is 4.69. The van der Waals surface area contributed by atoms with Gasteiger partial charge >= 0.3 is 0 Å². The third-order valence-electron chi connectivity index (χ3n) is 4.69. The Balaban J connectivity index is 0.00000243. The van der Waals surface area contributed by atoms with Crippen molar-refractivity contribution in [2.24, 2.45) is 0 Å². The second kappa shape index (κ2) is 9.01. The number of hydrogen-bond donors (Lipinski definition) is 1. The van der Waals surface area contributed by atoms with E-state index in [0.29, 0.717) is 0 Å². The molecule has 6 heteroatoms. The zero-order chi connectivity index (χ0) is 17.8. The average molecular weight is 380 g/mol. The molecule has 0 saturated heterocycles. The summed E-state index contributed by atoms with van der Waals surface area (Å²) in [4.78, 5) is 0. The largest absolute Gasteiger partial charge is 0.493 e. The lowest BCUT2D eigenvalue weighted by molar-refractivity contribution is 0.351. The van der Waals surface area contributed by atoms with E-state index in [9.17, 15) is 0 Å². The van der Waals surface area contributed by atoms with Crippen molar-refractivity contribution in [2.45, 2.75) is 18.9 Å². The number of benzene rings is 2. The van der Waals surface area contributed by atoms with E-state index in [1.807, 2.05) is 12.1 Å². The standard InChI is InChI=1S/C20H25NO4.ClH/c1-22-17-6-5-13(10-18(17)23-2)9-16-15-12-20(25-4)19(24-3)11-14(15)7-8-21-16;/h5-6,10-12,16,21H,7-9H2,1-4H3;1H/t16-;/m0./s1. The molecular formula is C20H26ClNO4. The van der Waals surface area contributed by atoms with E-state index in [4.69, 9.17) is 18.9 Å². The van der Waals surface area contributed by atoms with Crippen molar-refractivity contribution >= 4 is 12.4 Å². The highest BCUT2D eigenvalue weighted by molar-refractivity contribution is 5.85. The number of nitrogens with one attached hydrogen (secondary N) is 1. The maximum absolute atomic E-state index is 5.48. The number of ether oxygens (including phenoxy) is 4. The van der Waals surface area contributed by atoms with E-state index in [1.165, 1.54) is 16.7 Å². The molecule has 2 aromatic carbocycles. The van der Waals surface area contributed by atoms with Crippen LogP contribution in [0.1, 0.15) is 22.7 Å². The predicted octanol–water partition coefficient (Wildman–Crippen LogP) is 3.57. The molecule has 0 unspecified atom stereocenters. The Hall–Kier alpha value is -2.11. The summed E-state index contributed by atoms with van der Waals surface area (Å²) in [6.45, 7) is 0.945. The second-order valence-corrected chi connectivity index (χ2v) is 6.06. The van der Waals surface area contributed by atoms with E-state index >= 15 is 0 Å². The van der Waals surface area contributed by atoms with Gasteiger partial charge in [0.25, 0.3) is 0 Å². The van der Waals surface area contributed by atoms with Crippen molar-refractivity contribution in [1.29, 1.82) is 0 Å². The van der Waals surface area contributed by atoms with Crippen LogP contribution in [0.5, 0.6) is 23.0 Å². The molecule has 0 aliphatic carbocycles. The molecule has 0 bridgehead atoms. The predicted molar refractivity (Wildman–Crippen MR) is 104 cm³/mol. The Labute approximate surface area is 161 Å². The third kappa shape index (κ3) is 4.00. The maximum atomic E-state index is 5.48. The van der Waals surface area contributed by atoms with Crippen LogP contribution in [-0.2, 0) is 12.8 Å². The van der Waals surface area contributed by atoms with Crippen LogP contribution in [0.3, 0.4) is 0 Å². The summed E-state index contributed by atoms with van der Waals surface area (Å²) in [5.41, 5.74) is 3.76. The number of halogens is 1. The fourth-order valence-corrected chi connectivity index (χ4v) is 3.39. The molecule has 0 radical (unpaired) electrons. The van der Waals surface area contributed by atoms with Gasteiger partial charge in [0.2, 0.25) is 0 Å². The Kier molecular flexibility index (Phi) is 7.00. The van der Waals surface area contributed by atoms with Gasteiger partial charge in [-0.3, -0.25) is 0 Å². The molecule has 1 atom stereocenters. The Morgan fingerprint density at radius 1 is 0.846 bits per heavy atom. The van der Waals surface area contributed by atoms with Crippen LogP contribution in [0.15, 0.2) is 30.3 Å². The Morgan fingerprint density at radius 3 is 2.12 bits per heavy atom. The highest BCUT2D eigenvalue weighted by Gasteiger charge is 2.23. The summed E-state index contributed by atoms with van der Waals surface area (Å²) in [5, 5.41) is 3.61. The molecule has 0 fully saturated rings.